The van der Waals surface area contributed by atoms with Crippen LogP contribution in [0.3, 0.4) is 0 Å². The smallest absolute Gasteiger partial charge is 0.339 e. The SMILES string of the molecule is COC(=O)c1ccccc1NC(=O)CCC(=O)n1ccc2ccccc21. The molecule has 6 nitrogen and oxygen atoms in total. The molecule has 0 aliphatic carbocycles. The van der Waals surface area contributed by atoms with Crippen molar-refractivity contribution in [3.05, 3.63) is 66.4 Å². The van der Waals surface area contributed by atoms with Crippen LogP contribution in [-0.2, 0) is 9.53 Å². The third-order valence-corrected chi connectivity index (χ3v) is 4.04. The van der Waals surface area contributed by atoms with Gasteiger partial charge in [-0.2, -0.15) is 0 Å². The Kier molecular flexibility index (Phi) is 5.12. The second-order valence-electron chi connectivity index (χ2n) is 5.72. The van der Waals surface area contributed by atoms with Gasteiger partial charge >= 0.3 is 5.97 Å². The minimum atomic E-state index is -0.532. The first kappa shape index (κ1) is 17.4. The number of amides is 1. The number of rotatable bonds is 5. The Morgan fingerprint density at radius 1 is 0.962 bits per heavy atom. The summed E-state index contributed by atoms with van der Waals surface area (Å²) in [5.41, 5.74) is 1.45. The predicted octanol–water partition coefficient (Wildman–Crippen LogP) is 3.49. The summed E-state index contributed by atoms with van der Waals surface area (Å²) in [5, 5.41) is 3.63. The molecule has 0 spiro atoms. The van der Waals surface area contributed by atoms with Crippen molar-refractivity contribution in [3.8, 4) is 0 Å². The quantitative estimate of drug-likeness (QED) is 0.715. The Morgan fingerprint density at radius 2 is 1.69 bits per heavy atom. The van der Waals surface area contributed by atoms with Gasteiger partial charge in [0, 0.05) is 24.4 Å². The Bertz CT molecular complexity index is 975. The van der Waals surface area contributed by atoms with Crippen LogP contribution in [0, 0.1) is 0 Å². The van der Waals surface area contributed by atoms with Crippen LogP contribution < -0.4 is 5.32 Å². The van der Waals surface area contributed by atoms with E-state index in [1.807, 2.05) is 30.3 Å². The molecule has 0 aliphatic rings. The summed E-state index contributed by atoms with van der Waals surface area (Å²) in [4.78, 5) is 36.3. The number of hydrogen-bond acceptors (Lipinski definition) is 4. The number of methoxy groups -OCH3 is 1. The highest BCUT2D eigenvalue weighted by molar-refractivity contribution is 6.02. The second kappa shape index (κ2) is 7.65. The van der Waals surface area contributed by atoms with E-state index in [4.69, 9.17) is 4.74 Å². The van der Waals surface area contributed by atoms with E-state index < -0.39 is 5.97 Å². The second-order valence-corrected chi connectivity index (χ2v) is 5.72. The van der Waals surface area contributed by atoms with E-state index >= 15 is 0 Å². The predicted molar refractivity (Wildman–Crippen MR) is 98.2 cm³/mol. The molecule has 1 N–H and O–H groups in total. The van der Waals surface area contributed by atoms with Crippen LogP contribution in [-0.4, -0.2) is 29.5 Å². The van der Waals surface area contributed by atoms with Crippen molar-refractivity contribution < 1.29 is 19.1 Å². The maximum Gasteiger partial charge on any atom is 0.339 e. The molecule has 1 heterocycles. The van der Waals surface area contributed by atoms with Gasteiger partial charge in [0.15, 0.2) is 0 Å². The Labute approximate surface area is 150 Å². The van der Waals surface area contributed by atoms with E-state index in [0.717, 1.165) is 10.9 Å². The molecule has 1 amide bonds. The molecule has 132 valence electrons. The van der Waals surface area contributed by atoms with Gasteiger partial charge in [-0.25, -0.2) is 4.79 Å². The van der Waals surface area contributed by atoms with Crippen molar-refractivity contribution in [3.63, 3.8) is 0 Å². The summed E-state index contributed by atoms with van der Waals surface area (Å²) < 4.78 is 6.25. The zero-order valence-electron chi connectivity index (χ0n) is 14.3. The first-order valence-corrected chi connectivity index (χ1v) is 8.16. The van der Waals surface area contributed by atoms with Gasteiger partial charge in [-0.05, 0) is 24.3 Å². The monoisotopic (exact) mass is 350 g/mol. The van der Waals surface area contributed by atoms with E-state index in [1.165, 1.54) is 7.11 Å². The third kappa shape index (κ3) is 3.64. The highest BCUT2D eigenvalue weighted by atomic mass is 16.5. The lowest BCUT2D eigenvalue weighted by atomic mass is 10.1. The van der Waals surface area contributed by atoms with Gasteiger partial charge in [-0.15, -0.1) is 0 Å². The molecule has 26 heavy (non-hydrogen) atoms. The molecule has 6 heteroatoms. The van der Waals surface area contributed by atoms with Crippen LogP contribution in [0.4, 0.5) is 5.69 Å². The van der Waals surface area contributed by atoms with Crippen molar-refractivity contribution >= 4 is 34.4 Å². The minimum absolute atomic E-state index is 0.0147. The van der Waals surface area contributed by atoms with Crippen LogP contribution in [0.15, 0.2) is 60.8 Å². The van der Waals surface area contributed by atoms with Gasteiger partial charge in [0.05, 0.1) is 23.9 Å². The minimum Gasteiger partial charge on any atom is -0.465 e. The number of esters is 1. The lowest BCUT2D eigenvalue weighted by Crippen LogP contribution is -2.18. The number of carbonyl (C=O) groups excluding carboxylic acids is 3. The van der Waals surface area contributed by atoms with E-state index in [2.05, 4.69) is 5.32 Å². The normalized spacial score (nSPS) is 10.5. The maximum absolute atomic E-state index is 12.4. The Hall–Kier alpha value is -3.41. The zero-order chi connectivity index (χ0) is 18.5. The summed E-state index contributed by atoms with van der Waals surface area (Å²) in [5.74, 6) is -1.04. The van der Waals surface area contributed by atoms with Crippen molar-refractivity contribution in [1.29, 1.82) is 0 Å². The maximum atomic E-state index is 12.4. The van der Waals surface area contributed by atoms with Crippen LogP contribution in [0.25, 0.3) is 10.9 Å². The summed E-state index contributed by atoms with van der Waals surface area (Å²) in [6, 6.07) is 16.0. The standard InChI is InChI=1S/C20H18N2O4/c1-26-20(25)15-7-3-4-8-16(15)21-18(23)10-11-19(24)22-13-12-14-6-2-5-9-17(14)22/h2-9,12-13H,10-11H2,1H3,(H,21,23). The molecule has 2 aromatic carbocycles. The summed E-state index contributed by atoms with van der Waals surface area (Å²) in [6.45, 7) is 0. The van der Waals surface area contributed by atoms with Gasteiger partial charge in [0.1, 0.15) is 0 Å². The largest absolute Gasteiger partial charge is 0.465 e. The first-order valence-electron chi connectivity index (χ1n) is 8.16. The lowest BCUT2D eigenvalue weighted by Gasteiger charge is -2.09. The fourth-order valence-electron chi connectivity index (χ4n) is 2.73. The van der Waals surface area contributed by atoms with Gasteiger partial charge in [0.2, 0.25) is 11.8 Å². The summed E-state index contributed by atoms with van der Waals surface area (Å²) >= 11 is 0. The lowest BCUT2D eigenvalue weighted by molar-refractivity contribution is -0.116. The van der Waals surface area contributed by atoms with E-state index in [-0.39, 0.29) is 30.2 Å². The number of para-hydroxylation sites is 2. The number of nitrogens with one attached hydrogen (secondary N) is 1. The van der Waals surface area contributed by atoms with E-state index in [1.54, 1.807) is 35.0 Å². The number of benzene rings is 2. The average molecular weight is 350 g/mol. The Balaban J connectivity index is 1.65. The molecule has 3 aromatic rings. The third-order valence-electron chi connectivity index (χ3n) is 4.04. The molecule has 0 saturated heterocycles. The van der Waals surface area contributed by atoms with Crippen LogP contribution in [0.2, 0.25) is 0 Å². The molecule has 0 radical (unpaired) electrons. The highest BCUT2D eigenvalue weighted by Crippen LogP contribution is 2.18. The van der Waals surface area contributed by atoms with Crippen LogP contribution >= 0.6 is 0 Å². The molecule has 0 aliphatic heterocycles. The number of fused-ring (bicyclic) bond motifs is 1. The van der Waals surface area contributed by atoms with Crippen molar-refractivity contribution in [2.24, 2.45) is 0 Å². The molecular weight excluding hydrogens is 332 g/mol. The van der Waals surface area contributed by atoms with E-state index in [0.29, 0.717) is 5.69 Å². The topological polar surface area (TPSA) is 77.4 Å². The van der Waals surface area contributed by atoms with Crippen molar-refractivity contribution in [1.82, 2.24) is 4.57 Å². The van der Waals surface area contributed by atoms with Gasteiger partial charge in [-0.1, -0.05) is 30.3 Å². The summed E-state index contributed by atoms with van der Waals surface area (Å²) in [6.07, 6.45) is 1.78. The summed E-state index contributed by atoms with van der Waals surface area (Å²) in [7, 11) is 1.28. The van der Waals surface area contributed by atoms with E-state index in [9.17, 15) is 14.4 Å². The number of carbonyl (C=O) groups is 3. The molecule has 0 bridgehead atoms. The molecular formula is C20H18N2O4. The fraction of sp³-hybridized carbons (Fsp3) is 0.150. The molecule has 0 saturated carbocycles. The molecule has 0 fully saturated rings. The van der Waals surface area contributed by atoms with Crippen LogP contribution in [0.5, 0.6) is 0 Å². The Morgan fingerprint density at radius 3 is 2.50 bits per heavy atom. The number of aromatic nitrogens is 1. The molecule has 3 rings (SSSR count). The van der Waals surface area contributed by atoms with Gasteiger partial charge in [0.25, 0.3) is 0 Å². The number of anilines is 1. The number of ether oxygens (including phenoxy) is 1. The highest BCUT2D eigenvalue weighted by Gasteiger charge is 2.15. The van der Waals surface area contributed by atoms with Gasteiger partial charge < -0.3 is 10.1 Å². The average Bonchev–Trinajstić information content (AvgIpc) is 3.10. The zero-order valence-corrected chi connectivity index (χ0v) is 14.3. The number of hydrogen-bond donors (Lipinski definition) is 1. The molecule has 0 atom stereocenters. The van der Waals surface area contributed by atoms with Crippen molar-refractivity contribution in [2.45, 2.75) is 12.8 Å². The fourth-order valence-corrected chi connectivity index (χ4v) is 2.73. The molecule has 0 unspecified atom stereocenters. The van der Waals surface area contributed by atoms with Gasteiger partial charge in [-0.3, -0.25) is 14.2 Å². The number of nitrogens with zero attached hydrogens (tertiary/aromatic N) is 1. The van der Waals surface area contributed by atoms with Crippen molar-refractivity contribution in [2.75, 3.05) is 12.4 Å². The first-order chi connectivity index (χ1) is 12.6. The van der Waals surface area contributed by atoms with Crippen LogP contribution in [0.1, 0.15) is 28.0 Å². The molecule has 1 aromatic heterocycles.